The van der Waals surface area contributed by atoms with E-state index in [4.69, 9.17) is 22.1 Å². The molecule has 18 heavy (non-hydrogen) atoms. The number of rotatable bonds is 4. The lowest BCUT2D eigenvalue weighted by Gasteiger charge is -2.40. The fourth-order valence-electron chi connectivity index (χ4n) is 2.09. The molecule has 0 bridgehead atoms. The summed E-state index contributed by atoms with van der Waals surface area (Å²) in [6.45, 7) is 0.508. The van der Waals surface area contributed by atoms with Crippen molar-refractivity contribution in [2.75, 3.05) is 19.4 Å². The zero-order valence-electron chi connectivity index (χ0n) is 10.3. The summed E-state index contributed by atoms with van der Waals surface area (Å²) in [5.41, 5.74) is 6.40. The average Bonchev–Trinajstić information content (AvgIpc) is 2.31. The molecule has 0 saturated heterocycles. The summed E-state index contributed by atoms with van der Waals surface area (Å²) in [4.78, 5) is 12.0. The van der Waals surface area contributed by atoms with Crippen LogP contribution in [0.5, 0.6) is 0 Å². The molecule has 1 amide bonds. The zero-order chi connectivity index (χ0) is 13.2. The number of nitrogens with two attached hydrogens (primary N) is 1. The number of amides is 1. The number of ether oxygens (including phenoxy) is 1. The molecule has 1 aliphatic carbocycles. The van der Waals surface area contributed by atoms with E-state index in [1.165, 1.54) is 0 Å². The molecule has 1 aromatic rings. The van der Waals surface area contributed by atoms with E-state index >= 15 is 0 Å². The van der Waals surface area contributed by atoms with Crippen molar-refractivity contribution in [1.82, 2.24) is 5.32 Å². The molecular formula is C13H17ClN2O2. The maximum atomic E-state index is 12.0. The topological polar surface area (TPSA) is 64.3 Å². The number of hydrogen-bond donors (Lipinski definition) is 2. The number of carbonyl (C=O) groups is 1. The monoisotopic (exact) mass is 268 g/mol. The quantitative estimate of drug-likeness (QED) is 0.823. The van der Waals surface area contributed by atoms with Crippen molar-refractivity contribution < 1.29 is 9.53 Å². The van der Waals surface area contributed by atoms with E-state index in [1.807, 2.05) is 0 Å². The van der Waals surface area contributed by atoms with Crippen LogP contribution in [0.2, 0.25) is 5.02 Å². The average molecular weight is 269 g/mol. The Morgan fingerprint density at radius 2 is 2.28 bits per heavy atom. The van der Waals surface area contributed by atoms with Crippen molar-refractivity contribution >= 4 is 23.2 Å². The fourth-order valence-corrected chi connectivity index (χ4v) is 2.26. The zero-order valence-corrected chi connectivity index (χ0v) is 11.1. The highest BCUT2D eigenvalue weighted by Gasteiger charge is 2.37. The maximum absolute atomic E-state index is 12.0. The minimum Gasteiger partial charge on any atom is -0.398 e. The van der Waals surface area contributed by atoms with Gasteiger partial charge >= 0.3 is 0 Å². The van der Waals surface area contributed by atoms with Gasteiger partial charge in [-0.05, 0) is 37.5 Å². The Bertz CT molecular complexity index is 453. The molecule has 3 N–H and O–H groups in total. The summed E-state index contributed by atoms with van der Waals surface area (Å²) < 4.78 is 5.44. The van der Waals surface area contributed by atoms with Crippen LogP contribution in [0.1, 0.15) is 29.6 Å². The molecular weight excluding hydrogens is 252 g/mol. The Morgan fingerprint density at radius 1 is 1.56 bits per heavy atom. The largest absolute Gasteiger partial charge is 0.398 e. The van der Waals surface area contributed by atoms with E-state index in [9.17, 15) is 4.79 Å². The standard InChI is InChI=1S/C13H17ClN2O2/c1-18-13(5-2-6-13)8-16-12(17)10-7-9(14)3-4-11(10)15/h3-4,7H,2,5-6,8,15H2,1H3,(H,16,17). The van der Waals surface area contributed by atoms with E-state index < -0.39 is 0 Å². The van der Waals surface area contributed by atoms with E-state index in [1.54, 1.807) is 25.3 Å². The van der Waals surface area contributed by atoms with Gasteiger partial charge in [0.15, 0.2) is 0 Å². The van der Waals surface area contributed by atoms with E-state index in [0.717, 1.165) is 19.3 Å². The molecule has 2 rings (SSSR count). The van der Waals surface area contributed by atoms with Crippen LogP contribution in [0.3, 0.4) is 0 Å². The Balaban J connectivity index is 2.01. The van der Waals surface area contributed by atoms with Crippen LogP contribution >= 0.6 is 11.6 Å². The van der Waals surface area contributed by atoms with Crippen LogP contribution in [-0.2, 0) is 4.74 Å². The first-order valence-electron chi connectivity index (χ1n) is 5.95. The Kier molecular flexibility index (Phi) is 3.78. The first kappa shape index (κ1) is 13.2. The minimum absolute atomic E-state index is 0.191. The van der Waals surface area contributed by atoms with Crippen LogP contribution in [0.15, 0.2) is 18.2 Å². The number of hydrogen-bond acceptors (Lipinski definition) is 3. The van der Waals surface area contributed by atoms with Gasteiger partial charge in [0.05, 0.1) is 11.2 Å². The van der Waals surface area contributed by atoms with Gasteiger partial charge in [-0.1, -0.05) is 11.6 Å². The van der Waals surface area contributed by atoms with Crippen LogP contribution in [0, 0.1) is 0 Å². The summed E-state index contributed by atoms with van der Waals surface area (Å²) in [7, 11) is 1.68. The van der Waals surface area contributed by atoms with Crippen molar-refractivity contribution in [3.8, 4) is 0 Å². The molecule has 1 aromatic carbocycles. The minimum atomic E-state index is -0.210. The molecule has 1 fully saturated rings. The van der Waals surface area contributed by atoms with E-state index in [2.05, 4.69) is 5.32 Å². The first-order chi connectivity index (χ1) is 8.56. The number of nitrogen functional groups attached to an aromatic ring is 1. The third-order valence-corrected chi connectivity index (χ3v) is 3.76. The normalized spacial score (nSPS) is 17.0. The third-order valence-electron chi connectivity index (χ3n) is 3.53. The van der Waals surface area contributed by atoms with Crippen LogP contribution in [0.25, 0.3) is 0 Å². The number of benzene rings is 1. The van der Waals surface area contributed by atoms with Crippen molar-refractivity contribution in [3.63, 3.8) is 0 Å². The molecule has 98 valence electrons. The van der Waals surface area contributed by atoms with Crippen LogP contribution in [0.4, 0.5) is 5.69 Å². The highest BCUT2D eigenvalue weighted by atomic mass is 35.5. The summed E-state index contributed by atoms with van der Waals surface area (Å²) >= 11 is 5.86. The van der Waals surface area contributed by atoms with Gasteiger partial charge in [0, 0.05) is 24.4 Å². The summed E-state index contributed by atoms with van der Waals surface area (Å²) in [5, 5.41) is 3.36. The number of halogens is 1. The molecule has 1 aliphatic rings. The molecule has 0 spiro atoms. The fraction of sp³-hybridized carbons (Fsp3) is 0.462. The molecule has 4 nitrogen and oxygen atoms in total. The number of carbonyl (C=O) groups excluding carboxylic acids is 1. The smallest absolute Gasteiger partial charge is 0.253 e. The van der Waals surface area contributed by atoms with Gasteiger partial charge in [0.25, 0.3) is 5.91 Å². The molecule has 5 heteroatoms. The van der Waals surface area contributed by atoms with Gasteiger partial charge < -0.3 is 15.8 Å². The van der Waals surface area contributed by atoms with Crippen molar-refractivity contribution in [3.05, 3.63) is 28.8 Å². The first-order valence-corrected chi connectivity index (χ1v) is 6.32. The Morgan fingerprint density at radius 3 is 2.83 bits per heavy atom. The number of anilines is 1. The van der Waals surface area contributed by atoms with Gasteiger partial charge in [0.2, 0.25) is 0 Å². The molecule has 0 atom stereocenters. The van der Waals surface area contributed by atoms with Gasteiger partial charge in [-0.2, -0.15) is 0 Å². The predicted molar refractivity (Wildman–Crippen MR) is 71.8 cm³/mol. The SMILES string of the molecule is COC1(CNC(=O)c2cc(Cl)ccc2N)CCC1. The molecule has 0 unspecified atom stereocenters. The van der Waals surface area contributed by atoms with Crippen molar-refractivity contribution in [1.29, 1.82) is 0 Å². The number of methoxy groups -OCH3 is 1. The van der Waals surface area contributed by atoms with E-state index in [0.29, 0.717) is 22.8 Å². The van der Waals surface area contributed by atoms with E-state index in [-0.39, 0.29) is 11.5 Å². The summed E-state index contributed by atoms with van der Waals surface area (Å²) in [6, 6.07) is 4.87. The van der Waals surface area contributed by atoms with Gasteiger partial charge in [-0.3, -0.25) is 4.79 Å². The lowest BCUT2D eigenvalue weighted by molar-refractivity contribution is -0.0679. The van der Waals surface area contributed by atoms with Crippen LogP contribution in [-0.4, -0.2) is 25.2 Å². The molecule has 0 heterocycles. The number of nitrogens with one attached hydrogen (secondary N) is 1. The molecule has 0 aromatic heterocycles. The molecule has 1 saturated carbocycles. The van der Waals surface area contributed by atoms with Crippen LogP contribution < -0.4 is 11.1 Å². The second-order valence-corrected chi connectivity index (χ2v) is 5.09. The second kappa shape index (κ2) is 5.16. The highest BCUT2D eigenvalue weighted by molar-refractivity contribution is 6.31. The summed E-state index contributed by atoms with van der Waals surface area (Å²) in [6.07, 6.45) is 3.10. The van der Waals surface area contributed by atoms with Crippen molar-refractivity contribution in [2.24, 2.45) is 0 Å². The molecule has 0 radical (unpaired) electrons. The Hall–Kier alpha value is -1.26. The summed E-state index contributed by atoms with van der Waals surface area (Å²) in [5.74, 6) is -0.210. The van der Waals surface area contributed by atoms with Gasteiger partial charge in [-0.15, -0.1) is 0 Å². The van der Waals surface area contributed by atoms with Crippen molar-refractivity contribution in [2.45, 2.75) is 24.9 Å². The lowest BCUT2D eigenvalue weighted by atomic mass is 9.80. The molecule has 0 aliphatic heterocycles. The Labute approximate surface area is 111 Å². The highest BCUT2D eigenvalue weighted by Crippen LogP contribution is 2.34. The lowest BCUT2D eigenvalue weighted by Crippen LogP contribution is -2.49. The maximum Gasteiger partial charge on any atom is 0.253 e. The van der Waals surface area contributed by atoms with Gasteiger partial charge in [-0.25, -0.2) is 0 Å². The second-order valence-electron chi connectivity index (χ2n) is 4.65. The third kappa shape index (κ3) is 2.60. The predicted octanol–water partition coefficient (Wildman–Crippen LogP) is 2.22. The van der Waals surface area contributed by atoms with Gasteiger partial charge in [0.1, 0.15) is 0 Å².